The fourth-order valence-electron chi connectivity index (χ4n) is 3.14. The van der Waals surface area contributed by atoms with Gasteiger partial charge in [-0.1, -0.05) is 43.3 Å². The molecule has 5 nitrogen and oxygen atoms in total. The second-order valence-electron chi connectivity index (χ2n) is 6.14. The summed E-state index contributed by atoms with van der Waals surface area (Å²) in [7, 11) is 3.21. The first-order valence-electron chi connectivity index (χ1n) is 9.43. The van der Waals surface area contributed by atoms with Crippen molar-refractivity contribution in [2.75, 3.05) is 41.0 Å². The van der Waals surface area contributed by atoms with Gasteiger partial charge in [-0.15, -0.1) is 6.58 Å². The molecular weight excluding hydrogens is 356 g/mol. The van der Waals surface area contributed by atoms with Crippen molar-refractivity contribution in [1.82, 2.24) is 0 Å². The first kappa shape index (κ1) is 22.0. The van der Waals surface area contributed by atoms with Crippen molar-refractivity contribution in [2.24, 2.45) is 0 Å². The quantitative estimate of drug-likeness (QED) is 0.285. The van der Waals surface area contributed by atoms with Gasteiger partial charge in [-0.25, -0.2) is 0 Å². The molecule has 0 radical (unpaired) electrons. The second kappa shape index (κ2) is 12.2. The molecule has 0 aliphatic carbocycles. The van der Waals surface area contributed by atoms with Crippen LogP contribution in [0.5, 0.6) is 11.5 Å². The Bertz CT molecular complexity index is 728. The van der Waals surface area contributed by atoms with E-state index in [2.05, 4.69) is 25.6 Å². The van der Waals surface area contributed by atoms with Crippen molar-refractivity contribution < 1.29 is 23.7 Å². The average Bonchev–Trinajstić information content (AvgIpc) is 2.73. The number of rotatable bonds is 13. The van der Waals surface area contributed by atoms with Crippen LogP contribution in [0.4, 0.5) is 0 Å². The molecule has 0 bridgehead atoms. The molecule has 0 amide bonds. The van der Waals surface area contributed by atoms with Gasteiger partial charge < -0.3 is 23.7 Å². The van der Waals surface area contributed by atoms with Gasteiger partial charge in [-0.3, -0.25) is 0 Å². The summed E-state index contributed by atoms with van der Waals surface area (Å²) < 4.78 is 27.7. The van der Waals surface area contributed by atoms with Gasteiger partial charge in [0.1, 0.15) is 11.5 Å². The molecule has 2 aromatic carbocycles. The highest BCUT2D eigenvalue weighted by Crippen LogP contribution is 2.41. The van der Waals surface area contributed by atoms with E-state index in [1.54, 1.807) is 20.3 Å². The summed E-state index contributed by atoms with van der Waals surface area (Å²) in [6, 6.07) is 12.1. The van der Waals surface area contributed by atoms with E-state index >= 15 is 0 Å². The van der Waals surface area contributed by atoms with Crippen LogP contribution in [-0.2, 0) is 27.1 Å². The summed E-state index contributed by atoms with van der Waals surface area (Å²) in [6.45, 7) is 7.26. The highest BCUT2D eigenvalue weighted by atomic mass is 16.7. The standard InChI is InChI=1S/C23H30O5/c1-5-13-26-14-12-20-19(6-2)21(27-16-24-3)15-22(28-17-25-4)23(20)18-10-8-7-9-11-18/h5,7-11,15H,1,6,12-14,16-17H2,2-4H3. The zero-order valence-corrected chi connectivity index (χ0v) is 17.0. The molecule has 0 aliphatic rings. The molecule has 0 unspecified atom stereocenters. The van der Waals surface area contributed by atoms with E-state index in [0.717, 1.165) is 46.6 Å². The molecule has 0 heterocycles. The fourth-order valence-corrected chi connectivity index (χ4v) is 3.14. The maximum absolute atomic E-state index is 5.93. The number of ether oxygens (including phenoxy) is 5. The van der Waals surface area contributed by atoms with E-state index < -0.39 is 0 Å². The SMILES string of the molecule is C=CCOCCc1c(CC)c(OCOC)cc(OCOC)c1-c1ccccc1. The number of hydrogen-bond acceptors (Lipinski definition) is 5. The minimum absolute atomic E-state index is 0.154. The van der Waals surface area contributed by atoms with E-state index in [9.17, 15) is 0 Å². The van der Waals surface area contributed by atoms with Crippen LogP contribution >= 0.6 is 0 Å². The van der Waals surface area contributed by atoms with E-state index in [4.69, 9.17) is 23.7 Å². The first-order chi connectivity index (χ1) is 13.8. The maximum atomic E-state index is 5.93. The van der Waals surface area contributed by atoms with Crippen LogP contribution in [0.3, 0.4) is 0 Å². The summed E-state index contributed by atoms with van der Waals surface area (Å²) in [6.07, 6.45) is 3.30. The third kappa shape index (κ3) is 5.83. The Kier molecular flexibility index (Phi) is 9.55. The van der Waals surface area contributed by atoms with E-state index in [1.165, 1.54) is 0 Å². The van der Waals surface area contributed by atoms with Crippen molar-refractivity contribution in [1.29, 1.82) is 0 Å². The molecule has 0 spiro atoms. The fraction of sp³-hybridized carbons (Fsp3) is 0.391. The summed E-state index contributed by atoms with van der Waals surface area (Å²) >= 11 is 0. The maximum Gasteiger partial charge on any atom is 0.188 e. The van der Waals surface area contributed by atoms with Crippen LogP contribution in [0.1, 0.15) is 18.1 Å². The molecule has 0 aliphatic heterocycles. The van der Waals surface area contributed by atoms with Gasteiger partial charge in [0, 0.05) is 25.8 Å². The zero-order valence-electron chi connectivity index (χ0n) is 17.0. The molecule has 152 valence electrons. The third-order valence-electron chi connectivity index (χ3n) is 4.28. The van der Waals surface area contributed by atoms with Crippen LogP contribution in [-0.4, -0.2) is 41.0 Å². The van der Waals surface area contributed by atoms with E-state index in [-0.39, 0.29) is 13.6 Å². The van der Waals surface area contributed by atoms with Crippen molar-refractivity contribution in [2.45, 2.75) is 19.8 Å². The lowest BCUT2D eigenvalue weighted by Crippen LogP contribution is -2.10. The van der Waals surface area contributed by atoms with Gasteiger partial charge in [0.25, 0.3) is 0 Å². The van der Waals surface area contributed by atoms with Crippen molar-refractivity contribution >= 4 is 0 Å². The number of benzene rings is 2. The van der Waals surface area contributed by atoms with Crippen LogP contribution in [0, 0.1) is 0 Å². The molecule has 28 heavy (non-hydrogen) atoms. The summed E-state index contributed by atoms with van der Waals surface area (Å²) in [5.41, 5.74) is 4.40. The summed E-state index contributed by atoms with van der Waals surface area (Å²) in [5, 5.41) is 0. The minimum Gasteiger partial charge on any atom is -0.467 e. The summed E-state index contributed by atoms with van der Waals surface area (Å²) in [5.74, 6) is 1.48. The molecule has 5 heteroatoms. The van der Waals surface area contributed by atoms with Crippen molar-refractivity contribution in [3.8, 4) is 22.6 Å². The lowest BCUT2D eigenvalue weighted by Gasteiger charge is -2.22. The second-order valence-corrected chi connectivity index (χ2v) is 6.14. The highest BCUT2D eigenvalue weighted by Gasteiger charge is 2.20. The molecule has 0 saturated carbocycles. The van der Waals surface area contributed by atoms with Crippen LogP contribution in [0.15, 0.2) is 49.1 Å². The minimum atomic E-state index is 0.154. The highest BCUT2D eigenvalue weighted by molar-refractivity contribution is 5.77. The molecular formula is C23H30O5. The van der Waals surface area contributed by atoms with Gasteiger partial charge >= 0.3 is 0 Å². The van der Waals surface area contributed by atoms with E-state index in [1.807, 2.05) is 24.3 Å². The molecule has 2 aromatic rings. The summed E-state index contributed by atoms with van der Waals surface area (Å²) in [4.78, 5) is 0. The Hall–Kier alpha value is -2.34. The molecule has 0 saturated heterocycles. The Labute approximate surface area is 167 Å². The topological polar surface area (TPSA) is 46.2 Å². The molecule has 0 aromatic heterocycles. The third-order valence-corrected chi connectivity index (χ3v) is 4.28. The largest absolute Gasteiger partial charge is 0.467 e. The average molecular weight is 386 g/mol. The van der Waals surface area contributed by atoms with E-state index in [0.29, 0.717) is 13.2 Å². The van der Waals surface area contributed by atoms with Crippen LogP contribution in [0.25, 0.3) is 11.1 Å². The normalized spacial score (nSPS) is 10.7. The van der Waals surface area contributed by atoms with Crippen LogP contribution < -0.4 is 9.47 Å². The first-order valence-corrected chi connectivity index (χ1v) is 9.43. The van der Waals surface area contributed by atoms with Gasteiger partial charge in [-0.2, -0.15) is 0 Å². The Morgan fingerprint density at radius 3 is 2.21 bits per heavy atom. The smallest absolute Gasteiger partial charge is 0.188 e. The Morgan fingerprint density at radius 2 is 1.61 bits per heavy atom. The molecule has 0 fully saturated rings. The number of methoxy groups -OCH3 is 2. The predicted octanol–water partition coefficient (Wildman–Crippen LogP) is 4.63. The van der Waals surface area contributed by atoms with Crippen molar-refractivity contribution in [3.05, 3.63) is 60.2 Å². The lowest BCUT2D eigenvalue weighted by atomic mass is 9.90. The van der Waals surface area contributed by atoms with Gasteiger partial charge in [0.2, 0.25) is 0 Å². The monoisotopic (exact) mass is 386 g/mol. The molecule has 0 N–H and O–H groups in total. The van der Waals surface area contributed by atoms with Gasteiger partial charge in [0.15, 0.2) is 13.6 Å². The molecule has 0 atom stereocenters. The molecule has 2 rings (SSSR count). The lowest BCUT2D eigenvalue weighted by molar-refractivity contribution is 0.0457. The van der Waals surface area contributed by atoms with Gasteiger partial charge in [0.05, 0.1) is 13.2 Å². The zero-order chi connectivity index (χ0) is 20.2. The van der Waals surface area contributed by atoms with Gasteiger partial charge in [-0.05, 0) is 29.5 Å². The van der Waals surface area contributed by atoms with Crippen molar-refractivity contribution in [3.63, 3.8) is 0 Å². The van der Waals surface area contributed by atoms with Crippen LogP contribution in [0.2, 0.25) is 0 Å². The predicted molar refractivity (Wildman–Crippen MR) is 111 cm³/mol. The Balaban J connectivity index is 2.59. The Morgan fingerprint density at radius 1 is 0.929 bits per heavy atom. The number of hydrogen-bond donors (Lipinski definition) is 0.